The van der Waals surface area contributed by atoms with Crippen LogP contribution in [-0.4, -0.2) is 42.5 Å². The molecule has 3 rings (SSSR count). The van der Waals surface area contributed by atoms with E-state index in [9.17, 15) is 14.0 Å². The SMILES string of the molecule is Cc1ccc(Cc2ccccc2C(=O)N2CCOC[C@H]2CC(N)=O)cc1F. The lowest BCUT2D eigenvalue weighted by Gasteiger charge is -2.35. The topological polar surface area (TPSA) is 72.6 Å². The second-order valence-electron chi connectivity index (χ2n) is 6.82. The number of ether oxygens (including phenoxy) is 1. The van der Waals surface area contributed by atoms with Gasteiger partial charge in [0.15, 0.2) is 0 Å². The molecule has 5 nitrogen and oxygen atoms in total. The van der Waals surface area contributed by atoms with Gasteiger partial charge in [0, 0.05) is 18.5 Å². The van der Waals surface area contributed by atoms with Crippen LogP contribution in [0.1, 0.15) is 33.5 Å². The standard InChI is InChI=1S/C21H23FN2O3/c1-14-6-7-15(11-19(14)22)10-16-4-2-3-5-18(16)21(26)24-8-9-27-13-17(24)12-20(23)25/h2-7,11,17H,8-10,12-13H2,1H3,(H2,23,25)/t17-/m1/s1. The molecule has 0 radical (unpaired) electrons. The first-order chi connectivity index (χ1) is 13.0. The minimum atomic E-state index is -0.466. The molecule has 1 fully saturated rings. The molecule has 2 amide bonds. The fraction of sp³-hybridized carbons (Fsp3) is 0.333. The van der Waals surface area contributed by atoms with E-state index in [0.29, 0.717) is 37.3 Å². The quantitative estimate of drug-likeness (QED) is 0.879. The molecule has 6 heteroatoms. The summed E-state index contributed by atoms with van der Waals surface area (Å²) in [6.07, 6.45) is 0.515. The highest BCUT2D eigenvalue weighted by Crippen LogP contribution is 2.21. The Bertz CT molecular complexity index is 853. The molecule has 1 atom stereocenters. The first-order valence-electron chi connectivity index (χ1n) is 8.95. The van der Waals surface area contributed by atoms with E-state index in [4.69, 9.17) is 10.5 Å². The lowest BCUT2D eigenvalue weighted by atomic mass is 9.97. The van der Waals surface area contributed by atoms with Crippen LogP contribution in [0.3, 0.4) is 0 Å². The monoisotopic (exact) mass is 370 g/mol. The number of hydrogen-bond donors (Lipinski definition) is 1. The van der Waals surface area contributed by atoms with E-state index in [1.54, 1.807) is 30.0 Å². The molecule has 1 heterocycles. The van der Waals surface area contributed by atoms with Crippen LogP contribution in [0.15, 0.2) is 42.5 Å². The first kappa shape index (κ1) is 19.0. The number of amides is 2. The first-order valence-corrected chi connectivity index (χ1v) is 8.95. The van der Waals surface area contributed by atoms with Crippen molar-refractivity contribution in [1.29, 1.82) is 0 Å². The van der Waals surface area contributed by atoms with Crippen LogP contribution < -0.4 is 5.73 Å². The number of carbonyl (C=O) groups is 2. The van der Waals surface area contributed by atoms with Crippen molar-refractivity contribution in [3.05, 3.63) is 70.5 Å². The van der Waals surface area contributed by atoms with E-state index < -0.39 is 5.91 Å². The van der Waals surface area contributed by atoms with Crippen LogP contribution >= 0.6 is 0 Å². The Morgan fingerprint density at radius 1 is 1.26 bits per heavy atom. The number of morpholine rings is 1. The van der Waals surface area contributed by atoms with Crippen LogP contribution in [0.4, 0.5) is 4.39 Å². The minimum Gasteiger partial charge on any atom is -0.377 e. The third-order valence-corrected chi connectivity index (χ3v) is 4.80. The van der Waals surface area contributed by atoms with Crippen molar-refractivity contribution >= 4 is 11.8 Å². The van der Waals surface area contributed by atoms with E-state index in [-0.39, 0.29) is 24.2 Å². The van der Waals surface area contributed by atoms with Crippen LogP contribution in [0.5, 0.6) is 0 Å². The molecular formula is C21H23FN2O3. The van der Waals surface area contributed by atoms with E-state index in [2.05, 4.69) is 0 Å². The Hall–Kier alpha value is -2.73. The summed E-state index contributed by atoms with van der Waals surface area (Å²) in [4.78, 5) is 26.2. The molecule has 1 saturated heterocycles. The number of hydrogen-bond acceptors (Lipinski definition) is 3. The summed E-state index contributed by atoms with van der Waals surface area (Å²) >= 11 is 0. The molecule has 1 aliphatic rings. The van der Waals surface area contributed by atoms with Crippen molar-refractivity contribution in [3.63, 3.8) is 0 Å². The van der Waals surface area contributed by atoms with Crippen LogP contribution in [0.2, 0.25) is 0 Å². The van der Waals surface area contributed by atoms with Gasteiger partial charge < -0.3 is 15.4 Å². The Morgan fingerprint density at radius 2 is 2.04 bits per heavy atom. The zero-order valence-electron chi connectivity index (χ0n) is 15.3. The van der Waals surface area contributed by atoms with E-state index in [1.165, 1.54) is 6.07 Å². The number of primary amides is 1. The molecule has 0 aliphatic carbocycles. The van der Waals surface area contributed by atoms with Gasteiger partial charge in [-0.15, -0.1) is 0 Å². The maximum Gasteiger partial charge on any atom is 0.254 e. The summed E-state index contributed by atoms with van der Waals surface area (Å²) in [6.45, 7) is 2.84. The third kappa shape index (κ3) is 4.52. The lowest BCUT2D eigenvalue weighted by Crippen LogP contribution is -2.50. The summed E-state index contributed by atoms with van der Waals surface area (Å²) in [5.41, 5.74) is 8.07. The fourth-order valence-corrected chi connectivity index (χ4v) is 3.33. The summed E-state index contributed by atoms with van der Waals surface area (Å²) < 4.78 is 19.3. The zero-order valence-corrected chi connectivity index (χ0v) is 15.3. The number of nitrogens with zero attached hydrogens (tertiary/aromatic N) is 1. The average Bonchev–Trinajstić information content (AvgIpc) is 2.65. The van der Waals surface area contributed by atoms with Gasteiger partial charge >= 0.3 is 0 Å². The summed E-state index contributed by atoms with van der Waals surface area (Å²) in [5.74, 6) is -0.884. The van der Waals surface area contributed by atoms with Crippen molar-refractivity contribution in [2.24, 2.45) is 5.73 Å². The van der Waals surface area contributed by atoms with E-state index in [0.717, 1.165) is 11.1 Å². The molecular weight excluding hydrogens is 347 g/mol. The van der Waals surface area contributed by atoms with E-state index >= 15 is 0 Å². The van der Waals surface area contributed by atoms with Crippen LogP contribution in [-0.2, 0) is 16.0 Å². The Labute approximate surface area is 157 Å². The van der Waals surface area contributed by atoms with Gasteiger partial charge in [0.2, 0.25) is 5.91 Å². The number of halogens is 1. The van der Waals surface area contributed by atoms with Crippen molar-refractivity contribution in [2.45, 2.75) is 25.8 Å². The van der Waals surface area contributed by atoms with Gasteiger partial charge in [0.1, 0.15) is 5.82 Å². The minimum absolute atomic E-state index is 0.0665. The summed E-state index contributed by atoms with van der Waals surface area (Å²) in [5, 5.41) is 0. The molecule has 0 unspecified atom stereocenters. The highest BCUT2D eigenvalue weighted by Gasteiger charge is 2.30. The van der Waals surface area contributed by atoms with Crippen LogP contribution in [0, 0.1) is 12.7 Å². The lowest BCUT2D eigenvalue weighted by molar-refractivity contribution is -0.120. The largest absolute Gasteiger partial charge is 0.377 e. The third-order valence-electron chi connectivity index (χ3n) is 4.80. The predicted octanol–water partition coefficient (Wildman–Crippen LogP) is 2.44. The molecule has 2 aromatic rings. The van der Waals surface area contributed by atoms with Crippen molar-refractivity contribution < 1.29 is 18.7 Å². The molecule has 142 valence electrons. The molecule has 0 bridgehead atoms. The molecule has 2 aromatic carbocycles. The maximum atomic E-state index is 13.9. The molecule has 27 heavy (non-hydrogen) atoms. The fourth-order valence-electron chi connectivity index (χ4n) is 3.33. The molecule has 2 N–H and O–H groups in total. The molecule has 1 aliphatic heterocycles. The normalized spacial score (nSPS) is 17.0. The number of benzene rings is 2. The highest BCUT2D eigenvalue weighted by atomic mass is 19.1. The van der Waals surface area contributed by atoms with Crippen molar-refractivity contribution in [3.8, 4) is 0 Å². The second-order valence-corrected chi connectivity index (χ2v) is 6.82. The van der Waals surface area contributed by atoms with Crippen LogP contribution in [0.25, 0.3) is 0 Å². The van der Waals surface area contributed by atoms with Gasteiger partial charge in [-0.1, -0.05) is 30.3 Å². The number of rotatable bonds is 5. The van der Waals surface area contributed by atoms with Gasteiger partial charge in [-0.2, -0.15) is 0 Å². The number of nitrogens with two attached hydrogens (primary N) is 1. The number of aryl methyl sites for hydroxylation is 1. The van der Waals surface area contributed by atoms with Crippen molar-refractivity contribution in [2.75, 3.05) is 19.8 Å². The second kappa shape index (κ2) is 8.31. The highest BCUT2D eigenvalue weighted by molar-refractivity contribution is 5.96. The maximum absolute atomic E-state index is 13.9. The Kier molecular flexibility index (Phi) is 5.86. The van der Waals surface area contributed by atoms with Gasteiger partial charge in [0.05, 0.1) is 19.3 Å². The molecule has 0 aromatic heterocycles. The molecule has 0 spiro atoms. The Morgan fingerprint density at radius 3 is 2.78 bits per heavy atom. The van der Waals surface area contributed by atoms with E-state index in [1.807, 2.05) is 18.2 Å². The molecule has 0 saturated carbocycles. The summed E-state index contributed by atoms with van der Waals surface area (Å²) in [7, 11) is 0. The average molecular weight is 370 g/mol. The smallest absolute Gasteiger partial charge is 0.254 e. The summed E-state index contributed by atoms with van der Waals surface area (Å²) in [6, 6.07) is 12.0. The van der Waals surface area contributed by atoms with Gasteiger partial charge in [-0.25, -0.2) is 4.39 Å². The zero-order chi connectivity index (χ0) is 19.4. The van der Waals surface area contributed by atoms with Crippen molar-refractivity contribution in [1.82, 2.24) is 4.90 Å². The predicted molar refractivity (Wildman–Crippen MR) is 99.8 cm³/mol. The van der Waals surface area contributed by atoms with Gasteiger partial charge in [-0.3, -0.25) is 9.59 Å². The van der Waals surface area contributed by atoms with Gasteiger partial charge in [-0.05, 0) is 42.2 Å². The van der Waals surface area contributed by atoms with Gasteiger partial charge in [0.25, 0.3) is 5.91 Å². The number of carbonyl (C=O) groups excluding carboxylic acids is 2. The Balaban J connectivity index is 1.86.